The Balaban J connectivity index is 3.02. The molecule has 0 saturated carbocycles. The number of anilines is 1. The van der Waals surface area contributed by atoms with E-state index >= 15 is 0 Å². The van der Waals surface area contributed by atoms with Crippen LogP contribution in [0.4, 0.5) is 14.5 Å². The first-order chi connectivity index (χ1) is 7.08. The Hall–Kier alpha value is -1.49. The maximum Gasteiger partial charge on any atom is 0.224 e. The highest BCUT2D eigenvalue weighted by atomic mass is 19.1. The van der Waals surface area contributed by atoms with E-state index in [0.29, 0.717) is 6.07 Å². The lowest BCUT2D eigenvalue weighted by Crippen LogP contribution is -2.12. The Morgan fingerprint density at radius 2 is 2.07 bits per heavy atom. The van der Waals surface area contributed by atoms with E-state index < -0.39 is 11.6 Å². The third-order valence-corrected chi connectivity index (χ3v) is 1.95. The van der Waals surface area contributed by atoms with Crippen LogP contribution in [-0.2, 0) is 11.3 Å². The maximum absolute atomic E-state index is 13.2. The number of nitrogens with two attached hydrogens (primary N) is 1. The highest BCUT2D eigenvalue weighted by molar-refractivity contribution is 5.90. The van der Waals surface area contributed by atoms with Crippen LogP contribution >= 0.6 is 0 Å². The molecule has 0 aliphatic carbocycles. The van der Waals surface area contributed by atoms with Gasteiger partial charge < -0.3 is 11.1 Å². The third kappa shape index (κ3) is 2.73. The molecule has 3 N–H and O–H groups in total. The summed E-state index contributed by atoms with van der Waals surface area (Å²) in [4.78, 5) is 11.0. The molecule has 0 aromatic heterocycles. The molecule has 0 radical (unpaired) electrons. The van der Waals surface area contributed by atoms with Crippen molar-refractivity contribution in [1.82, 2.24) is 0 Å². The fraction of sp³-hybridized carbons (Fsp3) is 0.300. The first-order valence-corrected chi connectivity index (χ1v) is 4.56. The van der Waals surface area contributed by atoms with Gasteiger partial charge in [-0.05, 0) is 6.07 Å². The zero-order valence-electron chi connectivity index (χ0n) is 8.31. The summed E-state index contributed by atoms with van der Waals surface area (Å²) >= 11 is 0. The topological polar surface area (TPSA) is 55.1 Å². The van der Waals surface area contributed by atoms with Gasteiger partial charge in [-0.3, -0.25) is 4.79 Å². The summed E-state index contributed by atoms with van der Waals surface area (Å²) in [7, 11) is 0. The van der Waals surface area contributed by atoms with Crippen molar-refractivity contribution < 1.29 is 13.6 Å². The largest absolute Gasteiger partial charge is 0.326 e. The van der Waals surface area contributed by atoms with Gasteiger partial charge in [0.15, 0.2) is 0 Å². The molecule has 0 atom stereocenters. The number of benzene rings is 1. The van der Waals surface area contributed by atoms with Crippen LogP contribution in [-0.4, -0.2) is 5.91 Å². The molecule has 0 bridgehead atoms. The van der Waals surface area contributed by atoms with Crippen LogP contribution in [0.2, 0.25) is 0 Å². The van der Waals surface area contributed by atoms with E-state index in [0.717, 1.165) is 0 Å². The van der Waals surface area contributed by atoms with Gasteiger partial charge >= 0.3 is 0 Å². The second-order valence-corrected chi connectivity index (χ2v) is 3.03. The molecule has 5 heteroatoms. The number of halogens is 2. The van der Waals surface area contributed by atoms with Crippen LogP contribution in [0.3, 0.4) is 0 Å². The third-order valence-electron chi connectivity index (χ3n) is 1.95. The molecule has 0 aliphatic rings. The molecule has 0 saturated heterocycles. The lowest BCUT2D eigenvalue weighted by atomic mass is 10.1. The summed E-state index contributed by atoms with van der Waals surface area (Å²) in [5.74, 6) is -1.83. The predicted molar refractivity (Wildman–Crippen MR) is 53.2 cm³/mol. The van der Waals surface area contributed by atoms with Gasteiger partial charge in [0, 0.05) is 24.6 Å². The molecular weight excluding hydrogens is 202 g/mol. The second-order valence-electron chi connectivity index (χ2n) is 3.03. The fourth-order valence-electron chi connectivity index (χ4n) is 1.08. The predicted octanol–water partition coefficient (Wildman–Crippen LogP) is 1.77. The number of carbonyl (C=O) groups excluding carboxylic acids is 1. The molecule has 1 rings (SSSR count). The van der Waals surface area contributed by atoms with Crippen LogP contribution in [0.5, 0.6) is 0 Å². The van der Waals surface area contributed by atoms with Crippen molar-refractivity contribution in [3.63, 3.8) is 0 Å². The molecule has 1 amide bonds. The van der Waals surface area contributed by atoms with E-state index in [-0.39, 0.29) is 30.1 Å². The highest BCUT2D eigenvalue weighted by Crippen LogP contribution is 2.19. The van der Waals surface area contributed by atoms with Crippen molar-refractivity contribution in [2.75, 3.05) is 5.32 Å². The standard InChI is InChI=1S/C10H12F2N2O/c1-2-10(15)14-9-3-6(5-13)7(11)4-8(9)12/h3-4H,2,5,13H2,1H3,(H,14,15). The zero-order chi connectivity index (χ0) is 11.4. The minimum Gasteiger partial charge on any atom is -0.326 e. The van der Waals surface area contributed by atoms with Gasteiger partial charge in [0.1, 0.15) is 11.6 Å². The molecule has 82 valence electrons. The summed E-state index contributed by atoms with van der Waals surface area (Å²) in [5, 5.41) is 2.33. The van der Waals surface area contributed by atoms with E-state index in [1.54, 1.807) is 6.92 Å². The number of carbonyl (C=O) groups is 1. The SMILES string of the molecule is CCC(=O)Nc1cc(CN)c(F)cc1F. The highest BCUT2D eigenvalue weighted by Gasteiger charge is 2.10. The van der Waals surface area contributed by atoms with Gasteiger partial charge in [0.25, 0.3) is 0 Å². The monoisotopic (exact) mass is 214 g/mol. The second kappa shape index (κ2) is 4.84. The van der Waals surface area contributed by atoms with Gasteiger partial charge in [-0.1, -0.05) is 6.92 Å². The van der Waals surface area contributed by atoms with E-state index in [1.165, 1.54) is 6.07 Å². The lowest BCUT2D eigenvalue weighted by molar-refractivity contribution is -0.115. The normalized spacial score (nSPS) is 10.1. The smallest absolute Gasteiger partial charge is 0.224 e. The van der Waals surface area contributed by atoms with Crippen LogP contribution in [0.1, 0.15) is 18.9 Å². The van der Waals surface area contributed by atoms with E-state index in [2.05, 4.69) is 5.32 Å². The Morgan fingerprint density at radius 1 is 1.40 bits per heavy atom. The summed E-state index contributed by atoms with van der Waals surface area (Å²) in [6.45, 7) is 1.60. The summed E-state index contributed by atoms with van der Waals surface area (Å²) in [6.07, 6.45) is 0.231. The summed E-state index contributed by atoms with van der Waals surface area (Å²) in [5.41, 5.74) is 5.39. The average Bonchev–Trinajstić information content (AvgIpc) is 2.21. The first-order valence-electron chi connectivity index (χ1n) is 4.56. The number of hydrogen-bond acceptors (Lipinski definition) is 2. The number of nitrogens with one attached hydrogen (secondary N) is 1. The van der Waals surface area contributed by atoms with Gasteiger partial charge in [-0.25, -0.2) is 8.78 Å². The minimum absolute atomic E-state index is 0.0382. The Labute approximate surface area is 86.3 Å². The zero-order valence-corrected chi connectivity index (χ0v) is 8.31. The van der Waals surface area contributed by atoms with Crippen LogP contribution < -0.4 is 11.1 Å². The van der Waals surface area contributed by atoms with Crippen molar-refractivity contribution in [3.05, 3.63) is 29.3 Å². The number of amides is 1. The average molecular weight is 214 g/mol. The molecular formula is C10H12F2N2O. The van der Waals surface area contributed by atoms with Crippen LogP contribution in [0.25, 0.3) is 0 Å². The molecule has 1 aromatic rings. The van der Waals surface area contributed by atoms with E-state index in [1.807, 2.05) is 0 Å². The van der Waals surface area contributed by atoms with Crippen molar-refractivity contribution in [1.29, 1.82) is 0 Å². The molecule has 1 aromatic carbocycles. The van der Waals surface area contributed by atoms with Gasteiger partial charge in [0.05, 0.1) is 5.69 Å². The van der Waals surface area contributed by atoms with Gasteiger partial charge in [-0.2, -0.15) is 0 Å². The van der Waals surface area contributed by atoms with Crippen molar-refractivity contribution in [3.8, 4) is 0 Å². The van der Waals surface area contributed by atoms with Crippen molar-refractivity contribution in [2.24, 2.45) is 5.73 Å². The van der Waals surface area contributed by atoms with Crippen molar-refractivity contribution in [2.45, 2.75) is 19.9 Å². The Kier molecular flexibility index (Phi) is 3.74. The Bertz CT molecular complexity index is 380. The van der Waals surface area contributed by atoms with Gasteiger partial charge in [-0.15, -0.1) is 0 Å². The molecule has 0 fully saturated rings. The first kappa shape index (κ1) is 11.6. The molecule has 0 spiro atoms. The van der Waals surface area contributed by atoms with Crippen LogP contribution in [0, 0.1) is 11.6 Å². The van der Waals surface area contributed by atoms with E-state index in [9.17, 15) is 13.6 Å². The molecule has 0 unspecified atom stereocenters. The quantitative estimate of drug-likeness (QED) is 0.805. The fourth-order valence-corrected chi connectivity index (χ4v) is 1.08. The molecule has 0 heterocycles. The van der Waals surface area contributed by atoms with Crippen molar-refractivity contribution >= 4 is 11.6 Å². The summed E-state index contributed by atoms with van der Waals surface area (Å²) < 4.78 is 26.2. The minimum atomic E-state index is -0.800. The van der Waals surface area contributed by atoms with Crippen LogP contribution in [0.15, 0.2) is 12.1 Å². The lowest BCUT2D eigenvalue weighted by Gasteiger charge is -2.07. The Morgan fingerprint density at radius 3 is 2.60 bits per heavy atom. The number of rotatable bonds is 3. The number of hydrogen-bond donors (Lipinski definition) is 2. The maximum atomic E-state index is 13.2. The van der Waals surface area contributed by atoms with E-state index in [4.69, 9.17) is 5.73 Å². The molecule has 15 heavy (non-hydrogen) atoms. The van der Waals surface area contributed by atoms with Gasteiger partial charge in [0.2, 0.25) is 5.91 Å². The molecule has 3 nitrogen and oxygen atoms in total. The summed E-state index contributed by atoms with van der Waals surface area (Å²) in [6, 6.07) is 1.92. The molecule has 0 aliphatic heterocycles.